The van der Waals surface area contributed by atoms with Crippen LogP contribution in [0.5, 0.6) is 0 Å². The molecule has 1 aliphatic heterocycles. The predicted octanol–water partition coefficient (Wildman–Crippen LogP) is 1.16. The average molecular weight is 333 g/mol. The van der Waals surface area contributed by atoms with E-state index < -0.39 is 0 Å². The molecule has 7 heteroatoms. The van der Waals surface area contributed by atoms with E-state index in [1.54, 1.807) is 30.3 Å². The summed E-state index contributed by atoms with van der Waals surface area (Å²) >= 11 is 0. The van der Waals surface area contributed by atoms with E-state index in [0.717, 1.165) is 13.1 Å². The number of hydrogen-bond acceptors (Lipinski definition) is 5. The molecule has 1 fully saturated rings. The van der Waals surface area contributed by atoms with E-state index in [9.17, 15) is 9.59 Å². The fourth-order valence-electron chi connectivity index (χ4n) is 2.94. The smallest absolute Gasteiger partial charge is 0.225 e. The van der Waals surface area contributed by atoms with Crippen molar-refractivity contribution in [3.63, 3.8) is 0 Å². The highest BCUT2D eigenvalue weighted by Crippen LogP contribution is 2.15. The first-order chi connectivity index (χ1) is 11.3. The number of amides is 2. The molecule has 2 amide bonds. The van der Waals surface area contributed by atoms with Crippen LogP contribution in [-0.2, 0) is 9.59 Å². The highest BCUT2D eigenvalue weighted by Gasteiger charge is 2.26. The molecule has 24 heavy (non-hydrogen) atoms. The Labute approximate surface area is 143 Å². The van der Waals surface area contributed by atoms with Gasteiger partial charge in [0.05, 0.1) is 0 Å². The van der Waals surface area contributed by atoms with Crippen molar-refractivity contribution in [3.05, 3.63) is 18.5 Å². The number of aromatic nitrogens is 2. The highest BCUT2D eigenvalue weighted by atomic mass is 16.2. The van der Waals surface area contributed by atoms with Gasteiger partial charge in [-0.2, -0.15) is 0 Å². The van der Waals surface area contributed by atoms with Crippen molar-refractivity contribution in [1.82, 2.24) is 19.8 Å². The standard InChI is InChI=1S/C17H27N5O2/c1-14(23)22(17(2,3)4)9-6-15(24)20-10-12-21(13-11-20)16-18-7-5-8-19-16/h5,7-8H,6,9-13H2,1-4H3. The van der Waals surface area contributed by atoms with Gasteiger partial charge in [0.25, 0.3) is 0 Å². The maximum absolute atomic E-state index is 12.4. The number of carbonyl (C=O) groups excluding carboxylic acids is 2. The van der Waals surface area contributed by atoms with E-state index in [4.69, 9.17) is 0 Å². The van der Waals surface area contributed by atoms with Gasteiger partial charge in [-0.05, 0) is 26.8 Å². The average Bonchev–Trinajstić information content (AvgIpc) is 2.54. The quantitative estimate of drug-likeness (QED) is 0.827. The van der Waals surface area contributed by atoms with Crippen molar-refractivity contribution in [2.45, 2.75) is 39.7 Å². The van der Waals surface area contributed by atoms with Crippen LogP contribution in [0.3, 0.4) is 0 Å². The monoisotopic (exact) mass is 333 g/mol. The molecule has 0 aliphatic carbocycles. The van der Waals surface area contributed by atoms with Crippen LogP contribution in [0, 0.1) is 0 Å². The van der Waals surface area contributed by atoms with Crippen molar-refractivity contribution in [2.75, 3.05) is 37.6 Å². The lowest BCUT2D eigenvalue weighted by molar-refractivity contribution is -0.136. The third-order valence-corrected chi connectivity index (χ3v) is 4.21. The van der Waals surface area contributed by atoms with Crippen LogP contribution in [-0.4, -0.2) is 69.8 Å². The number of rotatable bonds is 4. The third-order valence-electron chi connectivity index (χ3n) is 4.21. The molecule has 0 unspecified atom stereocenters. The molecule has 1 aromatic heterocycles. The summed E-state index contributed by atoms with van der Waals surface area (Å²) in [5.41, 5.74) is -0.268. The lowest BCUT2D eigenvalue weighted by Crippen LogP contribution is -2.51. The van der Waals surface area contributed by atoms with E-state index in [2.05, 4.69) is 14.9 Å². The predicted molar refractivity (Wildman–Crippen MR) is 92.6 cm³/mol. The van der Waals surface area contributed by atoms with Gasteiger partial charge in [-0.15, -0.1) is 0 Å². The van der Waals surface area contributed by atoms with Gasteiger partial charge in [0.1, 0.15) is 0 Å². The highest BCUT2D eigenvalue weighted by molar-refractivity contribution is 5.78. The second kappa shape index (κ2) is 7.59. The summed E-state index contributed by atoms with van der Waals surface area (Å²) in [5, 5.41) is 0. The molecule has 0 atom stereocenters. The first-order valence-corrected chi connectivity index (χ1v) is 8.37. The fraction of sp³-hybridized carbons (Fsp3) is 0.647. The summed E-state index contributed by atoms with van der Waals surface area (Å²) in [6, 6.07) is 1.79. The Morgan fingerprint density at radius 1 is 1.12 bits per heavy atom. The SMILES string of the molecule is CC(=O)N(CCC(=O)N1CCN(c2ncccn2)CC1)C(C)(C)C. The maximum Gasteiger partial charge on any atom is 0.225 e. The Bertz CT molecular complexity index is 562. The summed E-state index contributed by atoms with van der Waals surface area (Å²) in [4.78, 5) is 38.4. The minimum atomic E-state index is -0.268. The second-order valence-corrected chi connectivity index (χ2v) is 7.01. The van der Waals surface area contributed by atoms with Gasteiger partial charge in [-0.1, -0.05) is 0 Å². The minimum absolute atomic E-state index is 0.00125. The number of hydrogen-bond donors (Lipinski definition) is 0. The number of piperazine rings is 1. The molecule has 0 spiro atoms. The molecular weight excluding hydrogens is 306 g/mol. The van der Waals surface area contributed by atoms with Crippen molar-refractivity contribution in [3.8, 4) is 0 Å². The van der Waals surface area contributed by atoms with Crippen molar-refractivity contribution < 1.29 is 9.59 Å². The Hall–Kier alpha value is -2.18. The van der Waals surface area contributed by atoms with Crippen LogP contribution in [0.1, 0.15) is 34.1 Å². The molecule has 2 heterocycles. The number of nitrogens with zero attached hydrogens (tertiary/aromatic N) is 5. The first-order valence-electron chi connectivity index (χ1n) is 8.37. The number of anilines is 1. The topological polar surface area (TPSA) is 69.6 Å². The molecule has 7 nitrogen and oxygen atoms in total. The zero-order chi connectivity index (χ0) is 17.7. The Morgan fingerprint density at radius 2 is 1.71 bits per heavy atom. The summed E-state index contributed by atoms with van der Waals surface area (Å²) < 4.78 is 0. The molecule has 1 aliphatic rings. The van der Waals surface area contributed by atoms with E-state index in [-0.39, 0.29) is 17.4 Å². The van der Waals surface area contributed by atoms with Gasteiger partial charge in [-0.25, -0.2) is 9.97 Å². The summed E-state index contributed by atoms with van der Waals surface area (Å²) in [7, 11) is 0. The fourth-order valence-corrected chi connectivity index (χ4v) is 2.94. The number of carbonyl (C=O) groups is 2. The first kappa shape index (κ1) is 18.2. The molecule has 0 radical (unpaired) electrons. The van der Waals surface area contributed by atoms with Gasteiger partial charge < -0.3 is 14.7 Å². The van der Waals surface area contributed by atoms with Gasteiger partial charge >= 0.3 is 0 Å². The van der Waals surface area contributed by atoms with E-state index in [1.807, 2.05) is 25.7 Å². The molecule has 0 bridgehead atoms. The van der Waals surface area contributed by atoms with Crippen LogP contribution in [0.2, 0.25) is 0 Å². The summed E-state index contributed by atoms with van der Waals surface area (Å²) in [5.74, 6) is 0.806. The lowest BCUT2D eigenvalue weighted by atomic mass is 10.1. The molecular formula is C17H27N5O2. The molecule has 1 aromatic rings. The van der Waals surface area contributed by atoms with Gasteiger partial charge in [0, 0.05) is 64.0 Å². The Balaban J connectivity index is 1.83. The second-order valence-electron chi connectivity index (χ2n) is 7.01. The Morgan fingerprint density at radius 3 is 2.21 bits per heavy atom. The van der Waals surface area contributed by atoms with Crippen LogP contribution in [0.25, 0.3) is 0 Å². The molecule has 132 valence electrons. The molecule has 0 N–H and O–H groups in total. The molecule has 0 aromatic carbocycles. The minimum Gasteiger partial charge on any atom is -0.339 e. The van der Waals surface area contributed by atoms with Crippen molar-refractivity contribution in [2.24, 2.45) is 0 Å². The van der Waals surface area contributed by atoms with Crippen molar-refractivity contribution in [1.29, 1.82) is 0 Å². The van der Waals surface area contributed by atoms with Crippen molar-refractivity contribution >= 4 is 17.8 Å². The summed E-state index contributed by atoms with van der Waals surface area (Å²) in [6.07, 6.45) is 3.81. The van der Waals surface area contributed by atoms with Gasteiger partial charge in [-0.3, -0.25) is 9.59 Å². The van der Waals surface area contributed by atoms with E-state index in [0.29, 0.717) is 32.0 Å². The van der Waals surface area contributed by atoms with Gasteiger partial charge in [0.15, 0.2) is 0 Å². The van der Waals surface area contributed by atoms with E-state index >= 15 is 0 Å². The molecule has 0 saturated carbocycles. The van der Waals surface area contributed by atoms with E-state index in [1.165, 1.54) is 0 Å². The Kier molecular flexibility index (Phi) is 5.75. The van der Waals surface area contributed by atoms with Crippen LogP contribution < -0.4 is 4.90 Å². The molecule has 1 saturated heterocycles. The molecule has 2 rings (SSSR count). The van der Waals surface area contributed by atoms with Crippen LogP contribution in [0.4, 0.5) is 5.95 Å². The normalized spacial score (nSPS) is 15.3. The largest absolute Gasteiger partial charge is 0.339 e. The third kappa shape index (κ3) is 4.66. The zero-order valence-corrected chi connectivity index (χ0v) is 15.0. The maximum atomic E-state index is 12.4. The van der Waals surface area contributed by atoms with Crippen LogP contribution in [0.15, 0.2) is 18.5 Å². The van der Waals surface area contributed by atoms with Crippen LogP contribution >= 0.6 is 0 Å². The lowest BCUT2D eigenvalue weighted by Gasteiger charge is -2.37. The summed E-state index contributed by atoms with van der Waals surface area (Å²) in [6.45, 7) is 10.7. The van der Waals surface area contributed by atoms with Gasteiger partial charge in [0.2, 0.25) is 17.8 Å². The zero-order valence-electron chi connectivity index (χ0n) is 15.0.